The second-order valence-electron chi connectivity index (χ2n) is 5.85. The van der Waals surface area contributed by atoms with Gasteiger partial charge in [-0.3, -0.25) is 9.59 Å². The van der Waals surface area contributed by atoms with Crippen LogP contribution in [0.3, 0.4) is 0 Å². The van der Waals surface area contributed by atoms with E-state index >= 15 is 0 Å². The average Bonchev–Trinajstić information content (AvgIpc) is 2.43. The van der Waals surface area contributed by atoms with E-state index in [9.17, 15) is 18.4 Å². The Balaban J connectivity index is 0.00000529. The molecule has 0 radical (unpaired) electrons. The first-order chi connectivity index (χ1) is 10.7. The fraction of sp³-hybridized carbons (Fsp3) is 0.500. The summed E-state index contributed by atoms with van der Waals surface area (Å²) in [7, 11) is 0. The SMILES string of the molecule is CC(N)CCNC(=O)C(NC(=O)c1c(F)cccc1F)C(C)C.Cl. The van der Waals surface area contributed by atoms with Crippen LogP contribution in [0.15, 0.2) is 18.2 Å². The van der Waals surface area contributed by atoms with Gasteiger partial charge in [-0.2, -0.15) is 0 Å². The summed E-state index contributed by atoms with van der Waals surface area (Å²) in [6, 6.07) is 2.20. The van der Waals surface area contributed by atoms with Gasteiger partial charge in [0.05, 0.1) is 0 Å². The van der Waals surface area contributed by atoms with Gasteiger partial charge in [0.2, 0.25) is 5.91 Å². The van der Waals surface area contributed by atoms with Crippen molar-refractivity contribution in [1.29, 1.82) is 0 Å². The van der Waals surface area contributed by atoms with Crippen molar-refractivity contribution in [1.82, 2.24) is 10.6 Å². The zero-order chi connectivity index (χ0) is 17.6. The summed E-state index contributed by atoms with van der Waals surface area (Å²) in [6.07, 6.45) is 0.590. The Labute approximate surface area is 146 Å². The van der Waals surface area contributed by atoms with Gasteiger partial charge in [0.15, 0.2) is 0 Å². The van der Waals surface area contributed by atoms with Crippen molar-refractivity contribution in [3.05, 3.63) is 35.4 Å². The van der Waals surface area contributed by atoms with Crippen molar-refractivity contribution in [2.45, 2.75) is 39.3 Å². The van der Waals surface area contributed by atoms with Crippen LogP contribution in [0.2, 0.25) is 0 Å². The quantitative estimate of drug-likeness (QED) is 0.692. The molecule has 0 bridgehead atoms. The average molecular weight is 364 g/mol. The lowest BCUT2D eigenvalue weighted by Crippen LogP contribution is -2.50. The third-order valence-corrected chi connectivity index (χ3v) is 3.32. The van der Waals surface area contributed by atoms with Crippen LogP contribution in [0.4, 0.5) is 8.78 Å². The number of carbonyl (C=O) groups excluding carboxylic acids is 2. The molecule has 8 heteroatoms. The normalized spacial score (nSPS) is 13.0. The van der Waals surface area contributed by atoms with E-state index in [1.165, 1.54) is 6.07 Å². The number of amides is 2. The van der Waals surface area contributed by atoms with Crippen LogP contribution in [-0.4, -0.2) is 30.4 Å². The van der Waals surface area contributed by atoms with Gasteiger partial charge in [0, 0.05) is 12.6 Å². The van der Waals surface area contributed by atoms with Gasteiger partial charge in [-0.1, -0.05) is 19.9 Å². The van der Waals surface area contributed by atoms with Gasteiger partial charge in [0.1, 0.15) is 23.2 Å². The summed E-state index contributed by atoms with van der Waals surface area (Å²) in [4.78, 5) is 24.2. The molecule has 4 N–H and O–H groups in total. The van der Waals surface area contributed by atoms with Crippen LogP contribution in [0.1, 0.15) is 37.6 Å². The van der Waals surface area contributed by atoms with Gasteiger partial charge in [-0.25, -0.2) is 8.78 Å². The monoisotopic (exact) mass is 363 g/mol. The molecule has 5 nitrogen and oxygen atoms in total. The predicted octanol–water partition coefficient (Wildman–Crippen LogP) is 1.99. The Morgan fingerprint density at radius 2 is 1.71 bits per heavy atom. The topological polar surface area (TPSA) is 84.2 Å². The van der Waals surface area contributed by atoms with Gasteiger partial charge in [-0.15, -0.1) is 12.4 Å². The second kappa shape index (κ2) is 10.2. The molecule has 0 spiro atoms. The Morgan fingerprint density at radius 1 is 1.17 bits per heavy atom. The van der Waals surface area contributed by atoms with E-state index in [2.05, 4.69) is 10.6 Å². The Kier molecular flexibility index (Phi) is 9.47. The van der Waals surface area contributed by atoms with Crippen LogP contribution < -0.4 is 16.4 Å². The van der Waals surface area contributed by atoms with Crippen molar-refractivity contribution in [3.8, 4) is 0 Å². The molecule has 0 saturated carbocycles. The molecule has 2 unspecified atom stereocenters. The van der Waals surface area contributed by atoms with Crippen molar-refractivity contribution >= 4 is 24.2 Å². The first-order valence-electron chi connectivity index (χ1n) is 7.52. The second-order valence-corrected chi connectivity index (χ2v) is 5.85. The summed E-state index contributed by atoms with van der Waals surface area (Å²) < 4.78 is 27.3. The molecule has 0 aliphatic rings. The standard InChI is InChI=1S/C16H23F2N3O2.ClH/c1-9(2)14(16(23)20-8-7-10(3)19)21-15(22)13-11(17)5-4-6-12(13)18;/h4-6,9-10,14H,7-8,19H2,1-3H3,(H,20,23)(H,21,22);1H. The fourth-order valence-corrected chi connectivity index (χ4v) is 2.00. The summed E-state index contributed by atoms with van der Waals surface area (Å²) in [5, 5.41) is 5.05. The Hall–Kier alpha value is -1.73. The molecular formula is C16H24ClF2N3O2. The number of hydrogen-bond acceptors (Lipinski definition) is 3. The molecule has 1 rings (SSSR count). The van der Waals surface area contributed by atoms with Crippen LogP contribution >= 0.6 is 12.4 Å². The van der Waals surface area contributed by atoms with E-state index < -0.39 is 35.1 Å². The zero-order valence-electron chi connectivity index (χ0n) is 13.9. The molecule has 0 saturated heterocycles. The highest BCUT2D eigenvalue weighted by atomic mass is 35.5. The summed E-state index contributed by atoms with van der Waals surface area (Å²) in [5.41, 5.74) is 4.91. The van der Waals surface area contributed by atoms with E-state index in [0.29, 0.717) is 13.0 Å². The molecule has 2 atom stereocenters. The molecule has 24 heavy (non-hydrogen) atoms. The largest absolute Gasteiger partial charge is 0.354 e. The van der Waals surface area contributed by atoms with Crippen LogP contribution in [0.25, 0.3) is 0 Å². The lowest BCUT2D eigenvalue weighted by molar-refractivity contribution is -0.123. The number of benzene rings is 1. The fourth-order valence-electron chi connectivity index (χ4n) is 2.00. The highest BCUT2D eigenvalue weighted by Crippen LogP contribution is 2.13. The van der Waals surface area contributed by atoms with E-state index in [4.69, 9.17) is 5.73 Å². The number of nitrogens with one attached hydrogen (secondary N) is 2. The lowest BCUT2D eigenvalue weighted by Gasteiger charge is -2.22. The van der Waals surface area contributed by atoms with Crippen LogP contribution in [0, 0.1) is 17.6 Å². The predicted molar refractivity (Wildman–Crippen MR) is 91.0 cm³/mol. The first kappa shape index (κ1) is 22.3. The van der Waals surface area contributed by atoms with Crippen molar-refractivity contribution in [2.24, 2.45) is 11.7 Å². The number of hydrogen-bond donors (Lipinski definition) is 3. The molecule has 0 aliphatic carbocycles. The molecule has 0 heterocycles. The molecular weight excluding hydrogens is 340 g/mol. The maximum absolute atomic E-state index is 13.6. The minimum Gasteiger partial charge on any atom is -0.354 e. The van der Waals surface area contributed by atoms with Crippen molar-refractivity contribution in [3.63, 3.8) is 0 Å². The molecule has 0 aliphatic heterocycles. The van der Waals surface area contributed by atoms with Gasteiger partial charge >= 0.3 is 0 Å². The Morgan fingerprint density at radius 3 is 2.17 bits per heavy atom. The van der Waals surface area contributed by atoms with E-state index in [-0.39, 0.29) is 24.4 Å². The minimum atomic E-state index is -0.970. The maximum Gasteiger partial charge on any atom is 0.257 e. The molecule has 0 aromatic heterocycles. The molecule has 0 fully saturated rings. The van der Waals surface area contributed by atoms with Crippen molar-refractivity contribution in [2.75, 3.05) is 6.54 Å². The van der Waals surface area contributed by atoms with Crippen molar-refractivity contribution < 1.29 is 18.4 Å². The molecule has 1 aromatic rings. The third kappa shape index (κ3) is 6.41. The molecule has 136 valence electrons. The molecule has 2 amide bonds. The van der Waals surface area contributed by atoms with E-state index in [1.54, 1.807) is 13.8 Å². The van der Waals surface area contributed by atoms with Crippen LogP contribution in [-0.2, 0) is 4.79 Å². The number of halogens is 3. The highest BCUT2D eigenvalue weighted by Gasteiger charge is 2.27. The summed E-state index contributed by atoms with van der Waals surface area (Å²) >= 11 is 0. The van der Waals surface area contributed by atoms with Gasteiger partial charge in [0.25, 0.3) is 5.91 Å². The number of rotatable bonds is 7. The van der Waals surface area contributed by atoms with Crippen LogP contribution in [0.5, 0.6) is 0 Å². The maximum atomic E-state index is 13.6. The lowest BCUT2D eigenvalue weighted by atomic mass is 10.0. The van der Waals surface area contributed by atoms with E-state index in [0.717, 1.165) is 12.1 Å². The number of nitrogens with two attached hydrogens (primary N) is 1. The van der Waals surface area contributed by atoms with E-state index in [1.807, 2.05) is 6.92 Å². The third-order valence-electron chi connectivity index (χ3n) is 3.32. The smallest absolute Gasteiger partial charge is 0.257 e. The highest BCUT2D eigenvalue weighted by molar-refractivity contribution is 5.98. The Bertz CT molecular complexity index is 548. The van der Waals surface area contributed by atoms with Gasteiger partial charge in [-0.05, 0) is 31.4 Å². The van der Waals surface area contributed by atoms with Gasteiger partial charge < -0.3 is 16.4 Å². The first-order valence-corrected chi connectivity index (χ1v) is 7.52. The number of carbonyl (C=O) groups is 2. The minimum absolute atomic E-state index is 0. The summed E-state index contributed by atoms with van der Waals surface area (Å²) in [5.74, 6) is -3.55. The summed E-state index contributed by atoms with van der Waals surface area (Å²) in [6.45, 7) is 5.64. The molecule has 1 aromatic carbocycles. The zero-order valence-corrected chi connectivity index (χ0v) is 14.8.